The highest BCUT2D eigenvalue weighted by Gasteiger charge is 2.16. The van der Waals surface area contributed by atoms with Crippen LogP contribution >= 0.6 is 11.8 Å². The molecule has 3 aromatic heterocycles. The third kappa shape index (κ3) is 3.96. The monoisotopic (exact) mass is 434 g/mol. The van der Waals surface area contributed by atoms with Crippen LogP contribution in [0.2, 0.25) is 0 Å². The summed E-state index contributed by atoms with van der Waals surface area (Å²) < 4.78 is 1.66. The van der Waals surface area contributed by atoms with Gasteiger partial charge in [0.2, 0.25) is 5.16 Å². The van der Waals surface area contributed by atoms with Gasteiger partial charge >= 0.3 is 0 Å². The van der Waals surface area contributed by atoms with Crippen LogP contribution in [-0.2, 0) is 0 Å². The van der Waals surface area contributed by atoms with Gasteiger partial charge < -0.3 is 9.80 Å². The number of piperazine rings is 1. The Bertz CT molecular complexity index is 1250. The van der Waals surface area contributed by atoms with Crippen molar-refractivity contribution in [3.05, 3.63) is 53.2 Å². The molecule has 0 amide bonds. The Morgan fingerprint density at radius 2 is 1.90 bits per heavy atom. The van der Waals surface area contributed by atoms with Crippen molar-refractivity contribution in [3.63, 3.8) is 0 Å². The molecular weight excluding hydrogens is 412 g/mol. The van der Waals surface area contributed by atoms with E-state index in [1.54, 1.807) is 23.6 Å². The zero-order chi connectivity index (χ0) is 21.4. The Hall–Kier alpha value is -3.11. The van der Waals surface area contributed by atoms with Crippen LogP contribution in [0.1, 0.15) is 18.7 Å². The van der Waals surface area contributed by atoms with Gasteiger partial charge in [0.05, 0.1) is 23.1 Å². The summed E-state index contributed by atoms with van der Waals surface area (Å²) in [5.41, 5.74) is 3.32. The molecule has 0 spiro atoms. The van der Waals surface area contributed by atoms with Crippen LogP contribution in [0.25, 0.3) is 16.6 Å². The third-order valence-electron chi connectivity index (χ3n) is 5.56. The van der Waals surface area contributed by atoms with E-state index in [-0.39, 0.29) is 0 Å². The lowest BCUT2D eigenvalue weighted by Gasteiger charge is -2.33. The van der Waals surface area contributed by atoms with Crippen LogP contribution in [0.5, 0.6) is 0 Å². The Morgan fingerprint density at radius 1 is 1.06 bits per heavy atom. The molecule has 0 N–H and O–H groups in total. The van der Waals surface area contributed by atoms with E-state index in [1.165, 1.54) is 11.8 Å². The summed E-state index contributed by atoms with van der Waals surface area (Å²) in [5, 5.41) is 17.7. The predicted octanol–water partition coefficient (Wildman–Crippen LogP) is 3.40. The molecule has 0 saturated carbocycles. The van der Waals surface area contributed by atoms with E-state index in [9.17, 15) is 4.91 Å². The number of nitrogens with zero attached hydrogens (tertiary/aromatic N) is 8. The van der Waals surface area contributed by atoms with E-state index in [0.29, 0.717) is 16.5 Å². The van der Waals surface area contributed by atoms with Crippen molar-refractivity contribution >= 4 is 34.0 Å². The molecule has 1 fully saturated rings. The molecule has 0 bridgehead atoms. The lowest BCUT2D eigenvalue weighted by atomic mass is 10.2. The molecule has 0 aliphatic carbocycles. The second-order valence-electron chi connectivity index (χ2n) is 7.73. The van der Waals surface area contributed by atoms with E-state index in [2.05, 4.69) is 54.4 Å². The number of aromatic nitrogens is 5. The number of benzene rings is 1. The van der Waals surface area contributed by atoms with Crippen molar-refractivity contribution < 1.29 is 0 Å². The molecule has 5 rings (SSSR count). The highest BCUT2D eigenvalue weighted by molar-refractivity contribution is 7.99. The summed E-state index contributed by atoms with van der Waals surface area (Å²) in [5.74, 6) is 0. The molecule has 9 nitrogen and oxygen atoms in total. The van der Waals surface area contributed by atoms with Crippen LogP contribution in [0.4, 0.5) is 5.69 Å². The van der Waals surface area contributed by atoms with Crippen molar-refractivity contribution in [1.82, 2.24) is 29.7 Å². The standard InChI is InChI=1S/C21H22N8OS/c1-14(26-30)18-5-6-20-23-24-21(29(20)25-18)31-17-3-4-19-15(12-17)11-16(13-22-19)28-9-7-27(2)8-10-28/h3-6,11-14H,7-10H2,1-2H3. The van der Waals surface area contributed by atoms with Gasteiger partial charge in [-0.25, -0.2) is 0 Å². The molecule has 0 radical (unpaired) electrons. The Morgan fingerprint density at radius 3 is 2.71 bits per heavy atom. The molecule has 1 saturated heterocycles. The van der Waals surface area contributed by atoms with Crippen LogP contribution in [0.3, 0.4) is 0 Å². The molecule has 1 unspecified atom stereocenters. The van der Waals surface area contributed by atoms with Crippen molar-refractivity contribution in [3.8, 4) is 0 Å². The van der Waals surface area contributed by atoms with Gasteiger partial charge in [-0.1, -0.05) is 5.18 Å². The van der Waals surface area contributed by atoms with Gasteiger partial charge in [-0.05, 0) is 62.1 Å². The number of fused-ring (bicyclic) bond motifs is 2. The van der Waals surface area contributed by atoms with Crippen LogP contribution in [-0.4, -0.2) is 62.9 Å². The summed E-state index contributed by atoms with van der Waals surface area (Å²) in [6, 6.07) is 11.4. The van der Waals surface area contributed by atoms with Gasteiger partial charge in [0.1, 0.15) is 6.04 Å². The molecular formula is C21H22N8OS. The zero-order valence-corrected chi connectivity index (χ0v) is 18.2. The average molecular weight is 435 g/mol. The van der Waals surface area contributed by atoms with Gasteiger partial charge in [0.25, 0.3) is 0 Å². The fraction of sp³-hybridized carbons (Fsp3) is 0.333. The molecule has 158 valence electrons. The van der Waals surface area contributed by atoms with Crippen LogP contribution in [0.15, 0.2) is 57.8 Å². The molecule has 4 heterocycles. The lowest BCUT2D eigenvalue weighted by molar-refractivity contribution is 0.313. The smallest absolute Gasteiger partial charge is 0.217 e. The molecule has 1 aliphatic rings. The van der Waals surface area contributed by atoms with Crippen molar-refractivity contribution in [2.24, 2.45) is 5.18 Å². The first kappa shape index (κ1) is 19.8. The number of anilines is 1. The lowest BCUT2D eigenvalue weighted by Crippen LogP contribution is -2.44. The SMILES string of the molecule is CC(N=O)c1ccc2nnc(Sc3ccc4ncc(N5CCN(C)CC5)cc4c3)n2n1. The maximum absolute atomic E-state index is 10.9. The number of hydrogen-bond donors (Lipinski definition) is 0. The Kier molecular flexibility index (Phi) is 5.24. The molecule has 31 heavy (non-hydrogen) atoms. The number of rotatable bonds is 5. The minimum Gasteiger partial charge on any atom is -0.368 e. The second kappa shape index (κ2) is 8.20. The summed E-state index contributed by atoms with van der Waals surface area (Å²) in [4.78, 5) is 21.3. The van der Waals surface area contributed by atoms with Gasteiger partial charge in [-0.2, -0.15) is 14.5 Å². The average Bonchev–Trinajstić information content (AvgIpc) is 3.20. The maximum atomic E-state index is 10.9. The molecule has 1 aromatic carbocycles. The summed E-state index contributed by atoms with van der Waals surface area (Å²) >= 11 is 1.48. The summed E-state index contributed by atoms with van der Waals surface area (Å²) in [7, 11) is 2.15. The van der Waals surface area contributed by atoms with E-state index < -0.39 is 6.04 Å². The molecule has 10 heteroatoms. The largest absolute Gasteiger partial charge is 0.368 e. The number of nitroso groups, excluding NO2 is 1. The van der Waals surface area contributed by atoms with Crippen LogP contribution < -0.4 is 4.90 Å². The first-order valence-corrected chi connectivity index (χ1v) is 11.0. The molecule has 1 aliphatic heterocycles. The summed E-state index contributed by atoms with van der Waals surface area (Å²) in [6.45, 7) is 5.84. The normalized spacial score (nSPS) is 16.1. The van der Waals surface area contributed by atoms with Gasteiger partial charge in [0, 0.05) is 36.5 Å². The third-order valence-corrected chi connectivity index (χ3v) is 6.48. The Balaban J connectivity index is 1.44. The Labute approximate surface area is 183 Å². The summed E-state index contributed by atoms with van der Waals surface area (Å²) in [6.07, 6.45) is 1.96. The minimum absolute atomic E-state index is 0.524. The quantitative estimate of drug-likeness (QED) is 0.441. The van der Waals surface area contributed by atoms with Gasteiger partial charge in [-0.15, -0.1) is 10.2 Å². The predicted molar refractivity (Wildman–Crippen MR) is 121 cm³/mol. The van der Waals surface area contributed by atoms with Gasteiger partial charge in [0.15, 0.2) is 5.65 Å². The zero-order valence-electron chi connectivity index (χ0n) is 17.3. The molecule has 1 atom stereocenters. The van der Waals surface area contributed by atoms with E-state index in [4.69, 9.17) is 0 Å². The maximum Gasteiger partial charge on any atom is 0.217 e. The number of hydrogen-bond acceptors (Lipinski definition) is 9. The van der Waals surface area contributed by atoms with E-state index in [1.807, 2.05) is 18.3 Å². The second-order valence-corrected chi connectivity index (χ2v) is 8.77. The fourth-order valence-electron chi connectivity index (χ4n) is 3.63. The highest BCUT2D eigenvalue weighted by atomic mass is 32.2. The minimum atomic E-state index is -0.524. The van der Waals surface area contributed by atoms with Crippen molar-refractivity contribution in [2.45, 2.75) is 23.0 Å². The fourth-order valence-corrected chi connectivity index (χ4v) is 4.46. The highest BCUT2D eigenvalue weighted by Crippen LogP contribution is 2.30. The van der Waals surface area contributed by atoms with Crippen molar-refractivity contribution in [1.29, 1.82) is 0 Å². The van der Waals surface area contributed by atoms with E-state index in [0.717, 1.165) is 47.7 Å². The van der Waals surface area contributed by atoms with Crippen LogP contribution in [0, 0.1) is 4.91 Å². The molecule has 4 aromatic rings. The van der Waals surface area contributed by atoms with Gasteiger partial charge in [-0.3, -0.25) is 4.98 Å². The number of likely N-dealkylation sites (N-methyl/N-ethyl adjacent to an activating group) is 1. The van der Waals surface area contributed by atoms with Crippen molar-refractivity contribution in [2.75, 3.05) is 38.1 Å². The number of pyridine rings is 1. The first-order valence-electron chi connectivity index (χ1n) is 10.2. The first-order chi connectivity index (χ1) is 15.1. The van der Waals surface area contributed by atoms with E-state index >= 15 is 0 Å². The topological polar surface area (TPSA) is 91.9 Å².